The number of benzene rings is 1. The lowest BCUT2D eigenvalue weighted by Crippen LogP contribution is -1.91. The molecule has 0 unspecified atom stereocenters. The van der Waals surface area contributed by atoms with E-state index in [4.69, 9.17) is 5.73 Å². The summed E-state index contributed by atoms with van der Waals surface area (Å²) in [6.07, 6.45) is 0. The zero-order valence-corrected chi connectivity index (χ0v) is 7.39. The van der Waals surface area contributed by atoms with Crippen LogP contribution in [-0.2, 0) is 4.79 Å². The number of nitrogen functional groups attached to an aromatic ring is 1. The number of aryl methyl sites for hydroxylation is 1. The summed E-state index contributed by atoms with van der Waals surface area (Å²) in [7, 11) is 0. The highest BCUT2D eigenvalue weighted by atomic mass is 32.2. The molecular formula is C8H9NO2S. The Kier molecular flexibility index (Phi) is 2.60. The zero-order chi connectivity index (χ0) is 9.14. The third-order valence-corrected chi connectivity index (χ3v) is 2.41. The molecule has 1 rings (SSSR count). The third kappa shape index (κ3) is 1.53. The van der Waals surface area contributed by atoms with Gasteiger partial charge in [-0.05, 0) is 18.6 Å². The fraction of sp³-hybridized carbons (Fsp3) is 0.125. The van der Waals surface area contributed by atoms with Crippen molar-refractivity contribution in [3.05, 3.63) is 17.7 Å². The number of anilines is 1. The Morgan fingerprint density at radius 3 is 2.83 bits per heavy atom. The summed E-state index contributed by atoms with van der Waals surface area (Å²) in [6, 6.07) is 3.23. The van der Waals surface area contributed by atoms with Crippen LogP contribution in [0.5, 0.6) is 5.75 Å². The summed E-state index contributed by atoms with van der Waals surface area (Å²) < 4.78 is 0. The standard InChI is InChI=1S/C8H9NO2S/c1-5-2-3-6(11)7(9)8(5)12-4-10/h2-4,11H,9H2,1H3. The van der Waals surface area contributed by atoms with Gasteiger partial charge in [-0.25, -0.2) is 0 Å². The third-order valence-electron chi connectivity index (χ3n) is 1.54. The van der Waals surface area contributed by atoms with Crippen LogP contribution in [-0.4, -0.2) is 10.7 Å². The minimum atomic E-state index is 0.0185. The van der Waals surface area contributed by atoms with Crippen molar-refractivity contribution >= 4 is 23.1 Å². The first kappa shape index (κ1) is 8.93. The smallest absolute Gasteiger partial charge is 0.181 e. The molecule has 0 aromatic heterocycles. The van der Waals surface area contributed by atoms with Crippen LogP contribution in [0.2, 0.25) is 0 Å². The van der Waals surface area contributed by atoms with Crippen LogP contribution in [0.25, 0.3) is 0 Å². The molecule has 1 aromatic rings. The quantitative estimate of drug-likeness (QED) is 0.316. The Labute approximate surface area is 74.6 Å². The van der Waals surface area contributed by atoms with Gasteiger partial charge in [0.25, 0.3) is 0 Å². The summed E-state index contributed by atoms with van der Waals surface area (Å²) in [4.78, 5) is 10.8. The molecule has 12 heavy (non-hydrogen) atoms. The highest BCUT2D eigenvalue weighted by Gasteiger charge is 2.06. The maximum absolute atomic E-state index is 10.2. The number of nitrogens with two attached hydrogens (primary N) is 1. The van der Waals surface area contributed by atoms with E-state index in [0.717, 1.165) is 17.3 Å². The topological polar surface area (TPSA) is 63.3 Å². The lowest BCUT2D eigenvalue weighted by molar-refractivity contribution is 0.476. The van der Waals surface area contributed by atoms with E-state index in [-0.39, 0.29) is 11.4 Å². The Morgan fingerprint density at radius 1 is 1.58 bits per heavy atom. The predicted molar refractivity (Wildman–Crippen MR) is 49.9 cm³/mol. The van der Waals surface area contributed by atoms with E-state index in [0.29, 0.717) is 10.5 Å². The van der Waals surface area contributed by atoms with E-state index in [1.165, 1.54) is 6.07 Å². The molecule has 0 aliphatic carbocycles. The molecule has 64 valence electrons. The van der Waals surface area contributed by atoms with Gasteiger partial charge in [0, 0.05) is 4.90 Å². The van der Waals surface area contributed by atoms with Crippen molar-refractivity contribution in [3.63, 3.8) is 0 Å². The van der Waals surface area contributed by atoms with Crippen LogP contribution in [0, 0.1) is 6.92 Å². The summed E-state index contributed by atoms with van der Waals surface area (Å²) in [5, 5.41) is 9.20. The lowest BCUT2D eigenvalue weighted by atomic mass is 10.2. The fourth-order valence-corrected chi connectivity index (χ4v) is 1.48. The molecule has 0 bridgehead atoms. The van der Waals surface area contributed by atoms with Gasteiger partial charge in [-0.2, -0.15) is 0 Å². The number of rotatable bonds is 2. The lowest BCUT2D eigenvalue weighted by Gasteiger charge is -2.06. The van der Waals surface area contributed by atoms with E-state index in [1.807, 2.05) is 6.92 Å². The van der Waals surface area contributed by atoms with Crippen molar-refractivity contribution in [1.82, 2.24) is 0 Å². The van der Waals surface area contributed by atoms with Gasteiger partial charge in [-0.15, -0.1) is 0 Å². The molecule has 0 radical (unpaired) electrons. The van der Waals surface area contributed by atoms with Gasteiger partial charge in [-0.1, -0.05) is 17.8 Å². The highest BCUT2D eigenvalue weighted by molar-refractivity contribution is 8.12. The van der Waals surface area contributed by atoms with Crippen molar-refractivity contribution in [2.24, 2.45) is 0 Å². The number of phenolic OH excluding ortho intramolecular Hbond substituents is 1. The van der Waals surface area contributed by atoms with Crippen molar-refractivity contribution < 1.29 is 9.90 Å². The van der Waals surface area contributed by atoms with Crippen molar-refractivity contribution in [1.29, 1.82) is 0 Å². The molecule has 0 aliphatic heterocycles. The molecule has 0 saturated heterocycles. The summed E-state index contributed by atoms with van der Waals surface area (Å²) in [5.41, 5.74) is 7.39. The van der Waals surface area contributed by atoms with Crippen LogP contribution in [0.4, 0.5) is 5.69 Å². The number of phenols is 1. The molecule has 0 amide bonds. The molecule has 3 nitrogen and oxygen atoms in total. The first-order valence-corrected chi connectivity index (χ1v) is 4.23. The van der Waals surface area contributed by atoms with Crippen molar-refractivity contribution in [2.45, 2.75) is 11.8 Å². The second-order valence-electron chi connectivity index (χ2n) is 2.36. The van der Waals surface area contributed by atoms with Crippen LogP contribution in [0.3, 0.4) is 0 Å². The maximum Gasteiger partial charge on any atom is 0.181 e. The zero-order valence-electron chi connectivity index (χ0n) is 6.57. The predicted octanol–water partition coefficient (Wildman–Crippen LogP) is 1.57. The number of carbonyl (C=O) groups excluding carboxylic acids is 1. The molecule has 0 aliphatic rings. The normalized spacial score (nSPS) is 9.75. The van der Waals surface area contributed by atoms with E-state index in [1.54, 1.807) is 6.07 Å². The number of carbonyl (C=O) groups is 1. The number of hydrogen-bond donors (Lipinski definition) is 2. The summed E-state index contributed by atoms with van der Waals surface area (Å²) in [5.74, 6) is 0.0185. The average molecular weight is 183 g/mol. The first-order chi connectivity index (χ1) is 5.66. The Morgan fingerprint density at radius 2 is 2.25 bits per heavy atom. The van der Waals surface area contributed by atoms with Gasteiger partial charge in [0.05, 0.1) is 5.69 Å². The van der Waals surface area contributed by atoms with Gasteiger partial charge >= 0.3 is 0 Å². The number of aromatic hydroxyl groups is 1. The minimum absolute atomic E-state index is 0.0185. The molecule has 0 spiro atoms. The highest BCUT2D eigenvalue weighted by Crippen LogP contribution is 2.33. The average Bonchev–Trinajstić information content (AvgIpc) is 2.06. The molecule has 1 aromatic carbocycles. The van der Waals surface area contributed by atoms with E-state index < -0.39 is 0 Å². The molecule has 0 saturated carbocycles. The van der Waals surface area contributed by atoms with Gasteiger partial charge in [0.2, 0.25) is 0 Å². The van der Waals surface area contributed by atoms with E-state index in [2.05, 4.69) is 0 Å². The molecule has 0 heterocycles. The molecule has 3 N–H and O–H groups in total. The second kappa shape index (κ2) is 3.49. The summed E-state index contributed by atoms with van der Waals surface area (Å²) in [6.45, 7) is 1.83. The molecular weight excluding hydrogens is 174 g/mol. The molecule has 0 fully saturated rings. The van der Waals surface area contributed by atoms with Gasteiger partial charge in [-0.3, -0.25) is 4.79 Å². The van der Waals surface area contributed by atoms with Crippen LogP contribution < -0.4 is 5.73 Å². The van der Waals surface area contributed by atoms with Gasteiger partial charge in [0.15, 0.2) is 5.62 Å². The van der Waals surface area contributed by atoms with Crippen LogP contribution >= 0.6 is 11.8 Å². The number of thioether (sulfide) groups is 1. The Balaban J connectivity index is 3.22. The van der Waals surface area contributed by atoms with Crippen LogP contribution in [0.1, 0.15) is 5.56 Å². The Bertz CT molecular complexity index is 312. The SMILES string of the molecule is Cc1ccc(O)c(N)c1SC=O. The van der Waals surface area contributed by atoms with E-state index in [9.17, 15) is 9.90 Å². The van der Waals surface area contributed by atoms with Crippen LogP contribution in [0.15, 0.2) is 17.0 Å². The second-order valence-corrected chi connectivity index (χ2v) is 3.19. The number of hydrogen-bond acceptors (Lipinski definition) is 4. The van der Waals surface area contributed by atoms with Gasteiger partial charge < -0.3 is 10.8 Å². The maximum atomic E-state index is 10.2. The monoisotopic (exact) mass is 183 g/mol. The fourth-order valence-electron chi connectivity index (χ4n) is 0.903. The molecule has 0 atom stereocenters. The van der Waals surface area contributed by atoms with Gasteiger partial charge in [0.1, 0.15) is 5.75 Å². The van der Waals surface area contributed by atoms with Crippen molar-refractivity contribution in [2.75, 3.05) is 5.73 Å². The summed E-state index contributed by atoms with van der Waals surface area (Å²) >= 11 is 0.977. The van der Waals surface area contributed by atoms with Crippen molar-refractivity contribution in [3.8, 4) is 5.75 Å². The first-order valence-electron chi connectivity index (χ1n) is 3.35. The largest absolute Gasteiger partial charge is 0.506 e. The Hall–Kier alpha value is -1.16. The molecule has 4 heteroatoms. The minimum Gasteiger partial charge on any atom is -0.506 e. The van der Waals surface area contributed by atoms with E-state index >= 15 is 0 Å².